The Kier molecular flexibility index (Phi) is 15.8. The van der Waals surface area contributed by atoms with Crippen LogP contribution in [0.4, 0.5) is 0 Å². The minimum atomic E-state index is 0. The zero-order chi connectivity index (χ0) is 4.41. The third-order valence-corrected chi connectivity index (χ3v) is 0.867. The Hall–Kier alpha value is 0.709. The number of hydrogen-bond acceptors (Lipinski definition) is 0. The molecule has 0 saturated heterocycles. The molecule has 3 heteroatoms. The molecule has 0 aromatic rings. The summed E-state index contributed by atoms with van der Waals surface area (Å²) in [7, 11) is 0. The summed E-state index contributed by atoms with van der Waals surface area (Å²) in [6.45, 7) is 2.06. The maximum atomic E-state index is 3.12. The molecular formula is C6H9Cl2Ir-. The minimum absolute atomic E-state index is 0. The minimum Gasteiger partial charge on any atom is -0.270 e. The summed E-state index contributed by atoms with van der Waals surface area (Å²) < 4.78 is 0. The molecule has 57 valence electrons. The van der Waals surface area contributed by atoms with Gasteiger partial charge in [0.15, 0.2) is 0 Å². The molecule has 0 spiro atoms. The van der Waals surface area contributed by atoms with Crippen LogP contribution < -0.4 is 0 Å². The van der Waals surface area contributed by atoms with Gasteiger partial charge in [0, 0.05) is 20.1 Å². The molecule has 0 unspecified atom stereocenters. The number of allylic oxidation sites excluding steroid dienone is 4. The second-order valence-electron chi connectivity index (χ2n) is 1.47. The molecule has 0 aromatic heterocycles. The van der Waals surface area contributed by atoms with Crippen LogP contribution in [0.3, 0.4) is 0 Å². The van der Waals surface area contributed by atoms with Crippen molar-refractivity contribution in [2.45, 2.75) is 13.3 Å². The van der Waals surface area contributed by atoms with Gasteiger partial charge in [-0.05, 0) is 0 Å². The van der Waals surface area contributed by atoms with Crippen molar-refractivity contribution in [3.63, 3.8) is 0 Å². The predicted octanol–water partition coefficient (Wildman–Crippen LogP) is 2.54. The van der Waals surface area contributed by atoms with E-state index in [1.807, 2.05) is 0 Å². The van der Waals surface area contributed by atoms with E-state index >= 15 is 0 Å². The fourth-order valence-electron chi connectivity index (χ4n) is 0.515. The van der Waals surface area contributed by atoms with Crippen molar-refractivity contribution in [1.82, 2.24) is 0 Å². The molecule has 0 heterocycles. The molecule has 0 bridgehead atoms. The van der Waals surface area contributed by atoms with Crippen LogP contribution in [0.25, 0.3) is 0 Å². The molecule has 0 N–H and O–H groups in total. The maximum absolute atomic E-state index is 3.12. The van der Waals surface area contributed by atoms with Crippen LogP contribution in [0.2, 0.25) is 0 Å². The van der Waals surface area contributed by atoms with E-state index in [9.17, 15) is 0 Å². The smallest absolute Gasteiger partial charge is 0 e. The Morgan fingerprint density at radius 3 is 2.11 bits per heavy atom. The first-order chi connectivity index (χ1) is 2.89. The van der Waals surface area contributed by atoms with Crippen LogP contribution in [-0.4, -0.2) is 0 Å². The van der Waals surface area contributed by atoms with E-state index in [1.165, 1.54) is 5.57 Å². The monoisotopic (exact) mass is 344 g/mol. The zero-order valence-electron chi connectivity index (χ0n) is 5.01. The molecule has 0 atom stereocenters. The van der Waals surface area contributed by atoms with Crippen molar-refractivity contribution in [2.75, 3.05) is 0 Å². The van der Waals surface area contributed by atoms with E-state index < -0.39 is 0 Å². The SMILES string of the molecule is CC1=[C-]CC=C1.Cl.Cl.[Ir]. The maximum Gasteiger partial charge on any atom is 0 e. The summed E-state index contributed by atoms with van der Waals surface area (Å²) in [6.07, 6.45) is 8.33. The van der Waals surface area contributed by atoms with Gasteiger partial charge in [-0.1, -0.05) is 6.92 Å². The third kappa shape index (κ3) is 6.60. The molecular weight excluding hydrogens is 335 g/mol. The Morgan fingerprint density at radius 2 is 2.00 bits per heavy atom. The Morgan fingerprint density at radius 1 is 1.44 bits per heavy atom. The van der Waals surface area contributed by atoms with E-state index in [4.69, 9.17) is 0 Å². The molecule has 0 aromatic carbocycles. The van der Waals surface area contributed by atoms with Crippen LogP contribution in [0.1, 0.15) is 13.3 Å². The van der Waals surface area contributed by atoms with E-state index in [1.54, 1.807) is 0 Å². The van der Waals surface area contributed by atoms with Gasteiger partial charge in [0.25, 0.3) is 0 Å². The van der Waals surface area contributed by atoms with Gasteiger partial charge >= 0.3 is 0 Å². The molecule has 1 aliphatic rings. The molecule has 1 rings (SSSR count). The number of rotatable bonds is 0. The Bertz CT molecular complexity index is 105. The van der Waals surface area contributed by atoms with Gasteiger partial charge < -0.3 is 0 Å². The predicted molar refractivity (Wildman–Crippen MR) is 40.7 cm³/mol. The molecule has 0 fully saturated rings. The normalized spacial score (nSPS) is 12.3. The average Bonchev–Trinajstić information content (AvgIpc) is 1.86. The van der Waals surface area contributed by atoms with Gasteiger partial charge in [-0.25, -0.2) is 11.6 Å². The molecule has 1 radical (unpaired) electrons. The Balaban J connectivity index is -0.000000120. The van der Waals surface area contributed by atoms with E-state index in [2.05, 4.69) is 25.2 Å². The molecule has 1 aliphatic carbocycles. The van der Waals surface area contributed by atoms with E-state index in [-0.39, 0.29) is 44.9 Å². The fraction of sp³-hybridized carbons (Fsp3) is 0.333. The summed E-state index contributed by atoms with van der Waals surface area (Å²) in [4.78, 5) is 0. The van der Waals surface area contributed by atoms with Crippen molar-refractivity contribution < 1.29 is 20.1 Å². The first-order valence-corrected chi connectivity index (χ1v) is 2.13. The molecule has 0 aliphatic heterocycles. The first-order valence-electron chi connectivity index (χ1n) is 2.13. The van der Waals surface area contributed by atoms with Crippen molar-refractivity contribution in [3.05, 3.63) is 23.8 Å². The second kappa shape index (κ2) is 8.71. The quantitative estimate of drug-likeness (QED) is 0.593. The van der Waals surface area contributed by atoms with Crippen LogP contribution in [0.5, 0.6) is 0 Å². The van der Waals surface area contributed by atoms with Gasteiger partial charge in [0.2, 0.25) is 0 Å². The molecule has 0 saturated carbocycles. The van der Waals surface area contributed by atoms with Crippen LogP contribution >= 0.6 is 24.8 Å². The van der Waals surface area contributed by atoms with E-state index in [0.29, 0.717) is 0 Å². The van der Waals surface area contributed by atoms with Crippen molar-refractivity contribution in [2.24, 2.45) is 0 Å². The van der Waals surface area contributed by atoms with Crippen LogP contribution in [0, 0.1) is 6.08 Å². The van der Waals surface area contributed by atoms with Gasteiger partial charge in [-0.3, -0.25) is 6.08 Å². The third-order valence-electron chi connectivity index (χ3n) is 0.867. The standard InChI is InChI=1S/C6H7.2ClH.Ir/c1-6-4-2-3-5-6;;;/h2,4H,3H2,1H3;2*1H;/q-1;;;. The summed E-state index contributed by atoms with van der Waals surface area (Å²) in [5, 5.41) is 0. The second-order valence-corrected chi connectivity index (χ2v) is 1.47. The zero-order valence-corrected chi connectivity index (χ0v) is 9.04. The average molecular weight is 344 g/mol. The summed E-state index contributed by atoms with van der Waals surface area (Å²) in [5.74, 6) is 0. The van der Waals surface area contributed by atoms with Gasteiger partial charge in [0.05, 0.1) is 0 Å². The fourth-order valence-corrected chi connectivity index (χ4v) is 0.515. The number of hydrogen-bond donors (Lipinski definition) is 0. The summed E-state index contributed by atoms with van der Waals surface area (Å²) in [6, 6.07) is 0. The molecule has 9 heavy (non-hydrogen) atoms. The summed E-state index contributed by atoms with van der Waals surface area (Å²) in [5.41, 5.74) is 1.27. The van der Waals surface area contributed by atoms with Crippen LogP contribution in [-0.2, 0) is 20.1 Å². The number of halogens is 2. The molecule has 0 amide bonds. The first kappa shape index (κ1) is 16.4. The van der Waals surface area contributed by atoms with Crippen molar-refractivity contribution >= 4 is 24.8 Å². The van der Waals surface area contributed by atoms with Gasteiger partial charge in [-0.15, -0.1) is 31.2 Å². The van der Waals surface area contributed by atoms with Gasteiger partial charge in [0.1, 0.15) is 0 Å². The van der Waals surface area contributed by atoms with Gasteiger partial charge in [-0.2, -0.15) is 6.08 Å². The van der Waals surface area contributed by atoms with Crippen molar-refractivity contribution in [3.8, 4) is 0 Å². The van der Waals surface area contributed by atoms with Crippen molar-refractivity contribution in [1.29, 1.82) is 0 Å². The summed E-state index contributed by atoms with van der Waals surface area (Å²) >= 11 is 0. The van der Waals surface area contributed by atoms with E-state index in [0.717, 1.165) is 6.42 Å². The van der Waals surface area contributed by atoms with Crippen LogP contribution in [0.15, 0.2) is 17.7 Å². The Labute approximate surface area is 82.0 Å². The largest absolute Gasteiger partial charge is 0.270 e. The topological polar surface area (TPSA) is 0 Å². The molecule has 0 nitrogen and oxygen atoms in total.